The van der Waals surface area contributed by atoms with E-state index in [4.69, 9.17) is 0 Å². The number of hydrogen-bond donors (Lipinski definition) is 1. The van der Waals surface area contributed by atoms with Crippen molar-refractivity contribution < 1.29 is 8.42 Å². The van der Waals surface area contributed by atoms with E-state index in [1.165, 1.54) is 17.4 Å². The monoisotopic (exact) mass is 250 g/mol. The van der Waals surface area contributed by atoms with Gasteiger partial charge in [0.2, 0.25) is 0 Å². The summed E-state index contributed by atoms with van der Waals surface area (Å²) >= 11 is 0. The van der Waals surface area contributed by atoms with Crippen LogP contribution in [0.15, 0.2) is 23.6 Å². The average Bonchev–Trinajstić information content (AvgIpc) is 2.84. The van der Waals surface area contributed by atoms with Gasteiger partial charge in [0.05, 0.1) is 11.8 Å². The molecular weight excluding hydrogens is 236 g/mol. The van der Waals surface area contributed by atoms with Crippen LogP contribution in [-0.4, -0.2) is 25.2 Å². The van der Waals surface area contributed by atoms with Crippen LogP contribution in [0.5, 0.6) is 0 Å². The molecule has 5 heteroatoms. The van der Waals surface area contributed by atoms with Crippen LogP contribution in [0.3, 0.4) is 0 Å². The van der Waals surface area contributed by atoms with Gasteiger partial charge in [-0.2, -0.15) is 0 Å². The highest BCUT2D eigenvalue weighted by atomic mass is 32.2. The van der Waals surface area contributed by atoms with Gasteiger partial charge in [0.1, 0.15) is 5.82 Å². The van der Waals surface area contributed by atoms with Crippen LogP contribution in [-0.2, 0) is 22.7 Å². The molecule has 0 saturated carbocycles. The van der Waals surface area contributed by atoms with E-state index in [2.05, 4.69) is 16.4 Å². The summed E-state index contributed by atoms with van der Waals surface area (Å²) in [5.74, 6) is 0.906. The number of sulfone groups is 1. The molecule has 0 amide bonds. The number of nitrogens with one attached hydrogen (secondary N) is 1. The van der Waals surface area contributed by atoms with Gasteiger partial charge in [0, 0.05) is 11.1 Å². The highest BCUT2D eigenvalue weighted by Crippen LogP contribution is 2.22. The lowest BCUT2D eigenvalue weighted by atomic mass is 10.2. The van der Waals surface area contributed by atoms with Crippen LogP contribution in [0.2, 0.25) is 0 Å². The van der Waals surface area contributed by atoms with Crippen molar-refractivity contribution in [3.05, 3.63) is 34.9 Å². The lowest BCUT2D eigenvalue weighted by Crippen LogP contribution is -2.21. The smallest absolute Gasteiger partial charge is 0.173 e. The molecule has 1 atom stereocenters. The van der Waals surface area contributed by atoms with Crippen LogP contribution in [0.4, 0.5) is 5.82 Å². The molecule has 0 spiro atoms. The Kier molecular flexibility index (Phi) is 2.43. The molecule has 1 aliphatic heterocycles. The zero-order chi connectivity index (χ0) is 11.9. The molecule has 1 unspecified atom stereocenters. The Labute approximate surface area is 101 Å². The summed E-state index contributed by atoms with van der Waals surface area (Å²) in [6.45, 7) is 0. The normalized spacial score (nSPS) is 24.8. The average molecular weight is 250 g/mol. The minimum absolute atomic E-state index is 0.131. The number of nitrogens with zero attached hydrogens (tertiary/aromatic N) is 1. The van der Waals surface area contributed by atoms with Crippen molar-refractivity contribution >= 4 is 15.7 Å². The van der Waals surface area contributed by atoms with Gasteiger partial charge in [-0.25, -0.2) is 13.4 Å². The number of aryl methyl sites for hydroxylation is 2. The van der Waals surface area contributed by atoms with Crippen molar-refractivity contribution in [1.82, 2.24) is 4.98 Å². The zero-order valence-corrected chi connectivity index (χ0v) is 10.2. The summed E-state index contributed by atoms with van der Waals surface area (Å²) in [7, 11) is -3.00. The van der Waals surface area contributed by atoms with E-state index in [1.54, 1.807) is 6.08 Å². The fraction of sp³-hybridized carbons (Fsp3) is 0.417. The van der Waals surface area contributed by atoms with E-state index in [9.17, 15) is 8.42 Å². The fourth-order valence-corrected chi connectivity index (χ4v) is 3.59. The topological polar surface area (TPSA) is 59.1 Å². The number of aromatic nitrogens is 1. The maximum atomic E-state index is 11.3. The predicted molar refractivity (Wildman–Crippen MR) is 66.6 cm³/mol. The fourth-order valence-electron chi connectivity index (χ4n) is 2.36. The molecule has 1 N–H and O–H groups in total. The van der Waals surface area contributed by atoms with Gasteiger partial charge in [0.15, 0.2) is 9.84 Å². The molecule has 1 aromatic heterocycles. The zero-order valence-electron chi connectivity index (χ0n) is 9.39. The van der Waals surface area contributed by atoms with Gasteiger partial charge < -0.3 is 5.32 Å². The molecule has 4 nitrogen and oxygen atoms in total. The molecule has 0 aromatic carbocycles. The molecular formula is C12H14N2O2S. The van der Waals surface area contributed by atoms with Crippen molar-refractivity contribution in [3.8, 4) is 0 Å². The first-order valence-corrected chi connectivity index (χ1v) is 7.50. The molecule has 3 rings (SSSR count). The van der Waals surface area contributed by atoms with Gasteiger partial charge in [0.25, 0.3) is 0 Å². The number of hydrogen-bond acceptors (Lipinski definition) is 4. The van der Waals surface area contributed by atoms with Crippen molar-refractivity contribution in [3.63, 3.8) is 0 Å². The molecule has 0 fully saturated rings. The lowest BCUT2D eigenvalue weighted by Gasteiger charge is -2.11. The first-order chi connectivity index (χ1) is 8.12. The minimum Gasteiger partial charge on any atom is -0.363 e. The van der Waals surface area contributed by atoms with E-state index in [0.717, 1.165) is 24.4 Å². The molecule has 17 heavy (non-hydrogen) atoms. The Balaban J connectivity index is 1.76. The SMILES string of the molecule is O=S1(=O)C=CC(Nc2ccc3c(n2)CCC3)C1. The second-order valence-electron chi connectivity index (χ2n) is 4.56. The Hall–Kier alpha value is -1.36. The lowest BCUT2D eigenvalue weighted by molar-refractivity contribution is 0.605. The van der Waals surface area contributed by atoms with Gasteiger partial charge in [-0.15, -0.1) is 0 Å². The summed E-state index contributed by atoms with van der Waals surface area (Å²) in [6, 6.07) is 3.88. The molecule has 0 bridgehead atoms. The third-order valence-electron chi connectivity index (χ3n) is 3.19. The summed E-state index contributed by atoms with van der Waals surface area (Å²) in [4.78, 5) is 4.52. The van der Waals surface area contributed by atoms with E-state index in [1.807, 2.05) is 6.07 Å². The van der Waals surface area contributed by atoms with Gasteiger partial charge in [-0.3, -0.25) is 0 Å². The second-order valence-corrected chi connectivity index (χ2v) is 6.50. The van der Waals surface area contributed by atoms with Gasteiger partial charge >= 0.3 is 0 Å². The van der Waals surface area contributed by atoms with Crippen molar-refractivity contribution in [2.75, 3.05) is 11.1 Å². The summed E-state index contributed by atoms with van der Waals surface area (Å²) < 4.78 is 22.5. The van der Waals surface area contributed by atoms with Crippen LogP contribution in [0.1, 0.15) is 17.7 Å². The van der Waals surface area contributed by atoms with Crippen LogP contribution in [0.25, 0.3) is 0 Å². The molecule has 1 aromatic rings. The first kappa shape index (κ1) is 10.8. The van der Waals surface area contributed by atoms with Crippen LogP contribution >= 0.6 is 0 Å². The Morgan fingerprint density at radius 2 is 2.18 bits per heavy atom. The maximum absolute atomic E-state index is 11.3. The largest absolute Gasteiger partial charge is 0.363 e. The number of rotatable bonds is 2. The second kappa shape index (κ2) is 3.84. The minimum atomic E-state index is -3.00. The van der Waals surface area contributed by atoms with Gasteiger partial charge in [-0.05, 0) is 37.0 Å². The van der Waals surface area contributed by atoms with Crippen molar-refractivity contribution in [1.29, 1.82) is 0 Å². The van der Waals surface area contributed by atoms with Crippen LogP contribution in [0, 0.1) is 0 Å². The maximum Gasteiger partial charge on any atom is 0.173 e. The molecule has 0 saturated heterocycles. The van der Waals surface area contributed by atoms with Gasteiger partial charge in [-0.1, -0.05) is 6.07 Å². The third-order valence-corrected chi connectivity index (χ3v) is 4.59. The number of pyridine rings is 1. The standard InChI is InChI=1S/C12H14N2O2S/c15-17(16)7-6-10(8-17)13-12-5-4-9-2-1-3-11(9)14-12/h4-7,10H,1-3,8H2,(H,13,14). The Morgan fingerprint density at radius 1 is 1.29 bits per heavy atom. The highest BCUT2D eigenvalue weighted by molar-refractivity contribution is 7.94. The summed E-state index contributed by atoms with van der Waals surface area (Å²) in [5, 5.41) is 4.42. The van der Waals surface area contributed by atoms with E-state index in [-0.39, 0.29) is 11.8 Å². The molecule has 90 valence electrons. The molecule has 2 heterocycles. The first-order valence-electron chi connectivity index (χ1n) is 5.79. The van der Waals surface area contributed by atoms with E-state index < -0.39 is 9.84 Å². The highest BCUT2D eigenvalue weighted by Gasteiger charge is 2.22. The Bertz CT molecular complexity index is 578. The third kappa shape index (κ3) is 2.20. The molecule has 1 aliphatic carbocycles. The number of anilines is 1. The molecule has 2 aliphatic rings. The Morgan fingerprint density at radius 3 is 2.94 bits per heavy atom. The van der Waals surface area contributed by atoms with Crippen molar-refractivity contribution in [2.24, 2.45) is 0 Å². The van der Waals surface area contributed by atoms with E-state index in [0.29, 0.717) is 0 Å². The van der Waals surface area contributed by atoms with Crippen LogP contribution < -0.4 is 5.32 Å². The van der Waals surface area contributed by atoms with Crippen molar-refractivity contribution in [2.45, 2.75) is 25.3 Å². The van der Waals surface area contributed by atoms with E-state index >= 15 is 0 Å². The summed E-state index contributed by atoms with van der Waals surface area (Å²) in [6.07, 6.45) is 5.00. The number of fused-ring (bicyclic) bond motifs is 1. The summed E-state index contributed by atoms with van der Waals surface area (Å²) in [5.41, 5.74) is 2.48. The predicted octanol–water partition coefficient (Wildman–Crippen LogP) is 1.29. The quantitative estimate of drug-likeness (QED) is 0.859. The molecule has 0 radical (unpaired) electrons.